The van der Waals surface area contributed by atoms with Crippen molar-refractivity contribution >= 4 is 16.8 Å². The van der Waals surface area contributed by atoms with Gasteiger partial charge in [0.2, 0.25) is 0 Å². The zero-order chi connectivity index (χ0) is 33.2. The van der Waals surface area contributed by atoms with E-state index in [9.17, 15) is 23.6 Å². The molecule has 1 fully saturated rings. The fraction of sp³-hybridized carbons (Fsp3) is 0.486. The fourth-order valence-electron chi connectivity index (χ4n) is 5.06. The molecule has 45 heavy (non-hydrogen) atoms. The van der Waals surface area contributed by atoms with E-state index in [1.807, 2.05) is 39.8 Å². The zero-order valence-corrected chi connectivity index (χ0v) is 28.0. The van der Waals surface area contributed by atoms with Gasteiger partial charge in [0.1, 0.15) is 18.0 Å². The second kappa shape index (κ2) is 13.7. The maximum Gasteiger partial charge on any atom is 0.163 e. The van der Waals surface area contributed by atoms with E-state index in [-0.39, 0.29) is 37.0 Å². The van der Waals surface area contributed by atoms with Gasteiger partial charge < -0.3 is 19.7 Å². The molecule has 1 aliphatic rings. The number of Topliss-reactive ketones (excluding diaryl/α,β-unsaturated/α-hetero) is 1. The number of aromatic nitrogens is 1. The number of aliphatic hydroxyl groups excluding tert-OH is 1. The molecule has 0 saturated heterocycles. The van der Waals surface area contributed by atoms with E-state index in [0.717, 1.165) is 18.4 Å². The largest absolute Gasteiger partial charge is 0.493 e. The minimum atomic E-state index is -1.50. The Morgan fingerprint density at radius 3 is 2.31 bits per heavy atom. The lowest BCUT2D eigenvalue weighted by atomic mass is 9.84. The Bertz CT molecular complexity index is 1530. The smallest absolute Gasteiger partial charge is 0.163 e. The molecular formula is C35H45FN2O6S. The summed E-state index contributed by atoms with van der Waals surface area (Å²) in [7, 11) is 0.107. The summed E-state index contributed by atoms with van der Waals surface area (Å²) in [5, 5.41) is 21.3. The number of halogens is 1. The molecule has 0 aliphatic heterocycles. The fourth-order valence-corrected chi connectivity index (χ4v) is 6.03. The van der Waals surface area contributed by atoms with E-state index in [2.05, 4.69) is 4.72 Å². The Labute approximate surface area is 268 Å². The summed E-state index contributed by atoms with van der Waals surface area (Å²) in [4.78, 5) is 18.1. The van der Waals surface area contributed by atoms with Crippen LogP contribution in [0.25, 0.3) is 11.3 Å². The number of hydrogen-bond donors (Lipinski definition) is 3. The van der Waals surface area contributed by atoms with Crippen LogP contribution in [0.2, 0.25) is 0 Å². The Morgan fingerprint density at radius 1 is 1.07 bits per heavy atom. The number of ether oxygens (including phenoxy) is 2. The third-order valence-corrected chi connectivity index (χ3v) is 9.90. The Morgan fingerprint density at radius 2 is 1.73 bits per heavy atom. The summed E-state index contributed by atoms with van der Waals surface area (Å²) in [5.74, 6) is 0.441. The van der Waals surface area contributed by atoms with Crippen molar-refractivity contribution in [3.63, 3.8) is 0 Å². The molecule has 0 spiro atoms. The SMILES string of the molecule is COc1cc(C(=O)CCC(C)(O)c2cc(C(C)(NS(=O)C(C)(C)C)C3CC3)cc(-c3ccc(F)cc3)n2)ccc1OC[C@@H](C)O. The van der Waals surface area contributed by atoms with Crippen molar-refractivity contribution in [1.29, 1.82) is 0 Å². The van der Waals surface area contributed by atoms with E-state index in [4.69, 9.17) is 14.5 Å². The molecule has 3 aromatic rings. The van der Waals surface area contributed by atoms with Crippen LogP contribution in [0.3, 0.4) is 0 Å². The van der Waals surface area contributed by atoms with Gasteiger partial charge in [0.15, 0.2) is 17.3 Å². The van der Waals surface area contributed by atoms with Gasteiger partial charge in [0, 0.05) is 17.5 Å². The number of carbonyl (C=O) groups is 1. The van der Waals surface area contributed by atoms with Crippen molar-refractivity contribution in [2.75, 3.05) is 13.7 Å². The molecule has 10 heteroatoms. The molecule has 3 unspecified atom stereocenters. The van der Waals surface area contributed by atoms with Crippen molar-refractivity contribution in [3.05, 3.63) is 77.2 Å². The highest BCUT2D eigenvalue weighted by atomic mass is 32.2. The number of ketones is 1. The van der Waals surface area contributed by atoms with Gasteiger partial charge in [0.25, 0.3) is 0 Å². The monoisotopic (exact) mass is 640 g/mol. The molecule has 0 radical (unpaired) electrons. The predicted octanol–water partition coefficient (Wildman–Crippen LogP) is 6.20. The van der Waals surface area contributed by atoms with Crippen LogP contribution >= 0.6 is 0 Å². The molecule has 244 valence electrons. The number of hydrogen-bond acceptors (Lipinski definition) is 7. The molecule has 0 amide bonds. The van der Waals surface area contributed by atoms with E-state index in [1.165, 1.54) is 19.2 Å². The summed E-state index contributed by atoms with van der Waals surface area (Å²) in [6.07, 6.45) is 1.37. The number of nitrogens with zero attached hydrogens (tertiary/aromatic N) is 1. The van der Waals surface area contributed by atoms with Crippen molar-refractivity contribution in [1.82, 2.24) is 9.71 Å². The van der Waals surface area contributed by atoms with E-state index < -0.39 is 33.0 Å². The maximum atomic E-state index is 13.8. The topological polar surface area (TPSA) is 118 Å². The van der Waals surface area contributed by atoms with Crippen LogP contribution in [0.15, 0.2) is 54.6 Å². The van der Waals surface area contributed by atoms with Crippen LogP contribution in [0, 0.1) is 11.7 Å². The lowest BCUT2D eigenvalue weighted by molar-refractivity contribution is 0.0396. The lowest BCUT2D eigenvalue weighted by Gasteiger charge is -2.35. The molecule has 1 aromatic heterocycles. The number of methoxy groups -OCH3 is 1. The van der Waals surface area contributed by atoms with Crippen LogP contribution in [0.5, 0.6) is 11.5 Å². The van der Waals surface area contributed by atoms with Crippen LogP contribution < -0.4 is 14.2 Å². The average Bonchev–Trinajstić information content (AvgIpc) is 3.85. The summed E-state index contributed by atoms with van der Waals surface area (Å²) in [6, 6.07) is 14.6. The van der Waals surface area contributed by atoms with Crippen molar-refractivity contribution in [2.45, 2.75) is 89.2 Å². The molecule has 1 heterocycles. The zero-order valence-electron chi connectivity index (χ0n) is 27.1. The summed E-state index contributed by atoms with van der Waals surface area (Å²) in [6.45, 7) is 11.1. The Kier molecular flexibility index (Phi) is 10.5. The molecule has 2 aromatic carbocycles. The lowest BCUT2D eigenvalue weighted by Crippen LogP contribution is -2.47. The first-order chi connectivity index (χ1) is 21.0. The molecule has 0 bridgehead atoms. The summed E-state index contributed by atoms with van der Waals surface area (Å²) < 4.78 is 41.0. The van der Waals surface area contributed by atoms with Crippen LogP contribution in [0.4, 0.5) is 4.39 Å². The normalized spacial score (nSPS) is 17.6. The minimum absolute atomic E-state index is 0.0218. The standard InChI is InChI=1S/C35H45FN2O6S/c1-22(39)21-44-30-15-10-24(18-31(30)43-7)29(40)16-17-34(5,41)32-20-26(19-28(37-32)23-8-13-27(36)14-9-23)35(6,25-11-12-25)38-45(42)33(2,3)4/h8-10,13-15,18-20,22,25,38-39,41H,11-12,16-17,21H2,1-7H3/t22-,34?,35?,45?/m1/s1. The van der Waals surface area contributed by atoms with E-state index >= 15 is 0 Å². The average molecular weight is 641 g/mol. The predicted molar refractivity (Wildman–Crippen MR) is 174 cm³/mol. The van der Waals surface area contributed by atoms with Crippen molar-refractivity contribution in [2.24, 2.45) is 5.92 Å². The van der Waals surface area contributed by atoms with Crippen LogP contribution in [0.1, 0.15) is 88.8 Å². The minimum Gasteiger partial charge on any atom is -0.493 e. The Hall–Kier alpha value is -3.18. The van der Waals surface area contributed by atoms with Crippen LogP contribution in [-0.2, 0) is 22.1 Å². The van der Waals surface area contributed by atoms with E-state index in [1.54, 1.807) is 44.2 Å². The van der Waals surface area contributed by atoms with Gasteiger partial charge in [-0.25, -0.2) is 18.3 Å². The highest BCUT2D eigenvalue weighted by Crippen LogP contribution is 2.47. The van der Waals surface area contributed by atoms with Gasteiger partial charge in [-0.3, -0.25) is 4.79 Å². The molecule has 1 saturated carbocycles. The van der Waals surface area contributed by atoms with Crippen molar-refractivity contribution in [3.8, 4) is 22.8 Å². The number of benzene rings is 2. The van der Waals surface area contributed by atoms with E-state index in [0.29, 0.717) is 34.0 Å². The highest BCUT2D eigenvalue weighted by molar-refractivity contribution is 7.84. The van der Waals surface area contributed by atoms with Gasteiger partial charge in [-0.2, -0.15) is 0 Å². The number of nitrogens with one attached hydrogen (secondary N) is 1. The first kappa shape index (κ1) is 34.7. The molecule has 8 nitrogen and oxygen atoms in total. The third-order valence-electron chi connectivity index (χ3n) is 8.18. The Balaban J connectivity index is 1.66. The number of pyridine rings is 1. The van der Waals surface area contributed by atoms with Gasteiger partial charge in [-0.1, -0.05) is 0 Å². The first-order valence-electron chi connectivity index (χ1n) is 15.3. The third kappa shape index (κ3) is 8.55. The summed E-state index contributed by atoms with van der Waals surface area (Å²) >= 11 is 0. The molecular weight excluding hydrogens is 595 g/mol. The number of rotatable bonds is 14. The number of carbonyl (C=O) groups excluding carboxylic acids is 1. The van der Waals surface area contributed by atoms with Gasteiger partial charge in [-0.05, 0) is 127 Å². The molecule has 3 N–H and O–H groups in total. The second-order valence-electron chi connectivity index (χ2n) is 13.3. The first-order valence-corrected chi connectivity index (χ1v) is 16.4. The molecule has 1 aliphatic carbocycles. The molecule has 4 rings (SSSR count). The number of aliphatic hydroxyl groups is 2. The van der Waals surface area contributed by atoms with Gasteiger partial charge in [0.05, 0.1) is 45.9 Å². The quantitative estimate of drug-likeness (QED) is 0.180. The van der Waals surface area contributed by atoms with Crippen LogP contribution in [-0.4, -0.2) is 49.8 Å². The van der Waals surface area contributed by atoms with Gasteiger partial charge in [-0.15, -0.1) is 0 Å². The van der Waals surface area contributed by atoms with Gasteiger partial charge >= 0.3 is 0 Å². The second-order valence-corrected chi connectivity index (χ2v) is 15.3. The maximum absolute atomic E-state index is 13.8. The van der Waals surface area contributed by atoms with Crippen molar-refractivity contribution < 1.29 is 33.1 Å². The molecule has 4 atom stereocenters. The highest BCUT2D eigenvalue weighted by Gasteiger charge is 2.46. The summed E-state index contributed by atoms with van der Waals surface area (Å²) in [5.41, 5.74) is 0.616.